The summed E-state index contributed by atoms with van der Waals surface area (Å²) in [6.45, 7) is 1.31. The van der Waals surface area contributed by atoms with Crippen molar-refractivity contribution in [1.82, 2.24) is 4.98 Å². The smallest absolute Gasteiger partial charge is 0.406 e. The van der Waals surface area contributed by atoms with Gasteiger partial charge >= 0.3 is 11.8 Å². The standard InChI is InChI=1S/C9H10N2O5/c1-6(9(12)13)5-16-7-3-2-4-10-8(7)11(14)15/h2-4,6H,5H2,1H3,(H,12,13). The molecule has 1 rings (SSSR count). The Labute approximate surface area is 90.8 Å². The van der Waals surface area contributed by atoms with Crippen molar-refractivity contribution in [2.24, 2.45) is 5.92 Å². The van der Waals surface area contributed by atoms with Crippen LogP contribution in [0.15, 0.2) is 18.3 Å². The van der Waals surface area contributed by atoms with Crippen LogP contribution in [0.4, 0.5) is 5.82 Å². The molecule has 0 radical (unpaired) electrons. The van der Waals surface area contributed by atoms with Crippen LogP contribution < -0.4 is 4.74 Å². The lowest BCUT2D eigenvalue weighted by molar-refractivity contribution is -0.390. The summed E-state index contributed by atoms with van der Waals surface area (Å²) in [5.74, 6) is -2.20. The Morgan fingerprint density at radius 3 is 3.00 bits per heavy atom. The average Bonchev–Trinajstić information content (AvgIpc) is 2.25. The number of hydrogen-bond acceptors (Lipinski definition) is 5. The molecule has 0 saturated heterocycles. The third-order valence-electron chi connectivity index (χ3n) is 1.83. The summed E-state index contributed by atoms with van der Waals surface area (Å²) >= 11 is 0. The van der Waals surface area contributed by atoms with Gasteiger partial charge in [0.15, 0.2) is 0 Å². The van der Waals surface area contributed by atoms with Gasteiger partial charge in [0.2, 0.25) is 5.75 Å². The second-order valence-electron chi connectivity index (χ2n) is 3.13. The van der Waals surface area contributed by atoms with E-state index in [1.165, 1.54) is 25.3 Å². The minimum absolute atomic E-state index is 0.0272. The number of nitrogens with zero attached hydrogens (tertiary/aromatic N) is 2. The fraction of sp³-hybridized carbons (Fsp3) is 0.333. The molecule has 1 unspecified atom stereocenters. The first-order chi connectivity index (χ1) is 7.52. The van der Waals surface area contributed by atoms with Crippen molar-refractivity contribution >= 4 is 11.8 Å². The molecular weight excluding hydrogens is 216 g/mol. The molecule has 86 valence electrons. The maximum absolute atomic E-state index is 10.5. The number of aliphatic carboxylic acids is 1. The van der Waals surface area contributed by atoms with Crippen molar-refractivity contribution < 1.29 is 19.6 Å². The fourth-order valence-corrected chi connectivity index (χ4v) is 0.918. The Bertz CT molecular complexity index is 407. The van der Waals surface area contributed by atoms with E-state index in [4.69, 9.17) is 9.84 Å². The van der Waals surface area contributed by atoms with Crippen LogP contribution in [-0.4, -0.2) is 27.6 Å². The van der Waals surface area contributed by atoms with Gasteiger partial charge in [-0.25, -0.2) is 0 Å². The van der Waals surface area contributed by atoms with Gasteiger partial charge in [0.1, 0.15) is 12.8 Å². The first kappa shape index (κ1) is 11.9. The Balaban J connectivity index is 2.74. The molecule has 1 heterocycles. The van der Waals surface area contributed by atoms with Gasteiger partial charge in [0, 0.05) is 0 Å². The monoisotopic (exact) mass is 226 g/mol. The van der Waals surface area contributed by atoms with Crippen molar-refractivity contribution in [2.45, 2.75) is 6.92 Å². The quantitative estimate of drug-likeness (QED) is 0.595. The Kier molecular flexibility index (Phi) is 3.76. The number of hydrogen-bond donors (Lipinski definition) is 1. The summed E-state index contributed by atoms with van der Waals surface area (Å²) in [5, 5.41) is 19.2. The van der Waals surface area contributed by atoms with Gasteiger partial charge in [-0.2, -0.15) is 0 Å². The summed E-state index contributed by atoms with van der Waals surface area (Å²) in [5.41, 5.74) is 0. The summed E-state index contributed by atoms with van der Waals surface area (Å²) in [6, 6.07) is 2.85. The van der Waals surface area contributed by atoms with E-state index in [0.29, 0.717) is 0 Å². The second-order valence-corrected chi connectivity index (χ2v) is 3.13. The molecule has 7 heteroatoms. The first-order valence-corrected chi connectivity index (χ1v) is 4.47. The molecule has 0 saturated carbocycles. The van der Waals surface area contributed by atoms with E-state index in [-0.39, 0.29) is 12.4 Å². The van der Waals surface area contributed by atoms with Crippen LogP contribution in [0.2, 0.25) is 0 Å². The van der Waals surface area contributed by atoms with Crippen molar-refractivity contribution in [1.29, 1.82) is 0 Å². The molecule has 0 aliphatic carbocycles. The normalized spacial score (nSPS) is 11.8. The highest BCUT2D eigenvalue weighted by Crippen LogP contribution is 2.23. The summed E-state index contributed by atoms with van der Waals surface area (Å²) in [6.07, 6.45) is 1.27. The Morgan fingerprint density at radius 1 is 1.75 bits per heavy atom. The van der Waals surface area contributed by atoms with Gasteiger partial charge in [-0.1, -0.05) is 0 Å². The van der Waals surface area contributed by atoms with E-state index in [2.05, 4.69) is 4.98 Å². The number of carboxylic acids is 1. The molecular formula is C9H10N2O5. The lowest BCUT2D eigenvalue weighted by Gasteiger charge is -2.08. The van der Waals surface area contributed by atoms with Crippen LogP contribution in [0.5, 0.6) is 5.75 Å². The highest BCUT2D eigenvalue weighted by Gasteiger charge is 2.18. The molecule has 7 nitrogen and oxygen atoms in total. The Hall–Kier alpha value is -2.18. The lowest BCUT2D eigenvalue weighted by atomic mass is 10.2. The van der Waals surface area contributed by atoms with Crippen LogP contribution in [0.1, 0.15) is 6.92 Å². The minimum Gasteiger partial charge on any atom is -0.485 e. The topological polar surface area (TPSA) is 103 Å². The van der Waals surface area contributed by atoms with Crippen molar-refractivity contribution in [3.8, 4) is 5.75 Å². The zero-order valence-electron chi connectivity index (χ0n) is 8.49. The number of pyridine rings is 1. The summed E-state index contributed by atoms with van der Waals surface area (Å²) in [7, 11) is 0. The maximum Gasteiger partial charge on any atom is 0.406 e. The van der Waals surface area contributed by atoms with E-state index in [1.807, 2.05) is 0 Å². The summed E-state index contributed by atoms with van der Waals surface area (Å²) in [4.78, 5) is 23.9. The second kappa shape index (κ2) is 5.06. The van der Waals surface area contributed by atoms with Gasteiger partial charge in [-0.3, -0.25) is 4.79 Å². The lowest BCUT2D eigenvalue weighted by Crippen LogP contribution is -2.18. The number of rotatable bonds is 5. The van der Waals surface area contributed by atoms with Crippen molar-refractivity contribution in [3.05, 3.63) is 28.4 Å². The van der Waals surface area contributed by atoms with Gasteiger partial charge < -0.3 is 20.0 Å². The van der Waals surface area contributed by atoms with Gasteiger partial charge in [0.05, 0.1) is 5.92 Å². The minimum atomic E-state index is -1.02. The zero-order valence-corrected chi connectivity index (χ0v) is 8.49. The third-order valence-corrected chi connectivity index (χ3v) is 1.83. The number of carbonyl (C=O) groups is 1. The molecule has 0 aliphatic heterocycles. The predicted molar refractivity (Wildman–Crippen MR) is 53.2 cm³/mol. The number of aromatic nitrogens is 1. The molecule has 1 atom stereocenters. The molecule has 16 heavy (non-hydrogen) atoms. The number of nitro groups is 1. The van der Waals surface area contributed by atoms with E-state index >= 15 is 0 Å². The van der Waals surface area contributed by atoms with Crippen LogP contribution >= 0.6 is 0 Å². The van der Waals surface area contributed by atoms with Crippen LogP contribution in [-0.2, 0) is 4.79 Å². The average molecular weight is 226 g/mol. The van der Waals surface area contributed by atoms with E-state index in [1.54, 1.807) is 0 Å². The molecule has 0 aliphatic rings. The summed E-state index contributed by atoms with van der Waals surface area (Å²) < 4.78 is 5.04. The first-order valence-electron chi connectivity index (χ1n) is 4.47. The molecule has 1 aromatic heterocycles. The number of ether oxygens (including phenoxy) is 1. The highest BCUT2D eigenvalue weighted by molar-refractivity contribution is 5.69. The molecule has 0 aromatic carbocycles. The maximum atomic E-state index is 10.5. The van der Waals surface area contributed by atoms with E-state index < -0.39 is 22.6 Å². The van der Waals surface area contributed by atoms with Gasteiger partial charge in [-0.15, -0.1) is 0 Å². The fourth-order valence-electron chi connectivity index (χ4n) is 0.918. The SMILES string of the molecule is CC(COc1cccnc1[N+](=O)[O-])C(=O)O. The van der Waals surface area contributed by atoms with Crippen molar-refractivity contribution in [2.75, 3.05) is 6.61 Å². The zero-order chi connectivity index (χ0) is 12.1. The largest absolute Gasteiger partial charge is 0.485 e. The Morgan fingerprint density at radius 2 is 2.44 bits per heavy atom. The van der Waals surface area contributed by atoms with Crippen LogP contribution in [0.25, 0.3) is 0 Å². The molecule has 0 amide bonds. The molecule has 1 N–H and O–H groups in total. The number of carboxylic acid groups (broad SMARTS) is 1. The predicted octanol–water partition coefficient (Wildman–Crippen LogP) is 1.09. The van der Waals surface area contributed by atoms with E-state index in [9.17, 15) is 14.9 Å². The molecule has 0 fully saturated rings. The van der Waals surface area contributed by atoms with Gasteiger partial charge in [-0.05, 0) is 29.0 Å². The highest BCUT2D eigenvalue weighted by atomic mass is 16.6. The molecule has 0 bridgehead atoms. The molecule has 0 spiro atoms. The van der Waals surface area contributed by atoms with Crippen LogP contribution in [0, 0.1) is 16.0 Å². The van der Waals surface area contributed by atoms with Crippen molar-refractivity contribution in [3.63, 3.8) is 0 Å². The van der Waals surface area contributed by atoms with E-state index in [0.717, 1.165) is 0 Å². The van der Waals surface area contributed by atoms with Gasteiger partial charge in [0.25, 0.3) is 0 Å². The van der Waals surface area contributed by atoms with Crippen LogP contribution in [0.3, 0.4) is 0 Å². The molecule has 1 aromatic rings. The third kappa shape index (κ3) is 2.91.